The summed E-state index contributed by atoms with van der Waals surface area (Å²) >= 11 is 0. The summed E-state index contributed by atoms with van der Waals surface area (Å²) in [6.07, 6.45) is 2.25. The third-order valence-corrected chi connectivity index (χ3v) is 6.09. The summed E-state index contributed by atoms with van der Waals surface area (Å²) in [4.78, 5) is 18.2. The number of halogens is 1. The lowest BCUT2D eigenvalue weighted by molar-refractivity contribution is 0.102. The maximum absolute atomic E-state index is 13.4. The normalized spacial score (nSPS) is 13.5. The van der Waals surface area contributed by atoms with Gasteiger partial charge >= 0.3 is 0 Å². The molecule has 1 aliphatic rings. The van der Waals surface area contributed by atoms with Gasteiger partial charge in [0.2, 0.25) is 0 Å². The van der Waals surface area contributed by atoms with Crippen molar-refractivity contribution < 1.29 is 9.18 Å². The summed E-state index contributed by atoms with van der Waals surface area (Å²) in [7, 11) is 0. The molecule has 1 saturated carbocycles. The molecule has 32 heavy (non-hydrogen) atoms. The van der Waals surface area contributed by atoms with Crippen LogP contribution in [0.1, 0.15) is 57.3 Å². The minimum Gasteiger partial charge on any atom is -0.319 e. The van der Waals surface area contributed by atoms with Crippen LogP contribution in [0.5, 0.6) is 0 Å². The molecule has 2 aromatic heterocycles. The van der Waals surface area contributed by atoms with Crippen LogP contribution in [0.3, 0.4) is 0 Å². The van der Waals surface area contributed by atoms with E-state index in [9.17, 15) is 9.18 Å². The molecule has 5 rings (SSSR count). The highest BCUT2D eigenvalue weighted by Crippen LogP contribution is 2.40. The standard InChI is InChI=1S/C26H25FN4O/c1-15-4-11-23-21(12-15)22(13-24(28-23)19-7-8-19)26(32)29-25-16(2)30-31(17(25)3)14-18-5-9-20(27)10-6-18/h4-6,9-13,19H,7-8,14H2,1-3H3,(H,29,32). The van der Waals surface area contributed by atoms with Gasteiger partial charge in [-0.05, 0) is 69.5 Å². The van der Waals surface area contributed by atoms with Crippen LogP contribution in [-0.4, -0.2) is 20.7 Å². The Morgan fingerprint density at radius 3 is 2.56 bits per heavy atom. The molecule has 1 amide bonds. The van der Waals surface area contributed by atoms with Crippen molar-refractivity contribution in [3.63, 3.8) is 0 Å². The molecular weight excluding hydrogens is 403 g/mol. The van der Waals surface area contributed by atoms with Crippen LogP contribution in [0.4, 0.5) is 10.1 Å². The van der Waals surface area contributed by atoms with E-state index in [4.69, 9.17) is 4.98 Å². The molecule has 2 heterocycles. The van der Waals surface area contributed by atoms with Crippen LogP contribution in [0.2, 0.25) is 0 Å². The average Bonchev–Trinajstić information content (AvgIpc) is 3.59. The Balaban J connectivity index is 1.47. The molecule has 2 aromatic carbocycles. The van der Waals surface area contributed by atoms with Gasteiger partial charge in [0.05, 0.1) is 34.7 Å². The highest BCUT2D eigenvalue weighted by Gasteiger charge is 2.27. The third-order valence-electron chi connectivity index (χ3n) is 6.09. The van der Waals surface area contributed by atoms with Gasteiger partial charge in [-0.15, -0.1) is 0 Å². The molecule has 1 N–H and O–H groups in total. The van der Waals surface area contributed by atoms with Crippen LogP contribution in [0.15, 0.2) is 48.5 Å². The second-order valence-corrected chi connectivity index (χ2v) is 8.67. The van der Waals surface area contributed by atoms with Gasteiger partial charge in [-0.25, -0.2) is 4.39 Å². The number of fused-ring (bicyclic) bond motifs is 1. The number of aromatic nitrogens is 3. The number of amides is 1. The van der Waals surface area contributed by atoms with Crippen molar-refractivity contribution >= 4 is 22.5 Å². The molecule has 4 aromatic rings. The van der Waals surface area contributed by atoms with Crippen molar-refractivity contribution in [3.8, 4) is 0 Å². The largest absolute Gasteiger partial charge is 0.319 e. The first-order valence-electron chi connectivity index (χ1n) is 10.9. The summed E-state index contributed by atoms with van der Waals surface area (Å²) in [5.41, 5.74) is 6.84. The van der Waals surface area contributed by atoms with Crippen molar-refractivity contribution in [3.05, 3.63) is 88.1 Å². The second kappa shape index (κ2) is 7.86. The zero-order valence-electron chi connectivity index (χ0n) is 18.4. The van der Waals surface area contributed by atoms with E-state index in [0.29, 0.717) is 23.7 Å². The van der Waals surface area contributed by atoms with E-state index < -0.39 is 0 Å². The molecule has 0 saturated heterocycles. The molecular formula is C26H25FN4O. The summed E-state index contributed by atoms with van der Waals surface area (Å²) < 4.78 is 15.1. The number of pyridine rings is 1. The lowest BCUT2D eigenvalue weighted by Gasteiger charge is -2.11. The van der Waals surface area contributed by atoms with Gasteiger partial charge < -0.3 is 5.32 Å². The third kappa shape index (κ3) is 3.88. The zero-order chi connectivity index (χ0) is 22.4. The maximum atomic E-state index is 13.4. The number of carbonyl (C=O) groups excluding carboxylic acids is 1. The van der Waals surface area contributed by atoms with Gasteiger partial charge in [0.1, 0.15) is 5.82 Å². The van der Waals surface area contributed by atoms with Crippen molar-refractivity contribution in [1.82, 2.24) is 14.8 Å². The first-order valence-corrected chi connectivity index (χ1v) is 10.9. The Bertz CT molecular complexity index is 1340. The van der Waals surface area contributed by atoms with Crippen molar-refractivity contribution in [2.75, 3.05) is 5.32 Å². The monoisotopic (exact) mass is 428 g/mol. The van der Waals surface area contributed by atoms with Crippen molar-refractivity contribution in [1.29, 1.82) is 0 Å². The number of rotatable bonds is 5. The molecule has 6 heteroatoms. The molecule has 0 spiro atoms. The topological polar surface area (TPSA) is 59.8 Å². The minimum absolute atomic E-state index is 0.155. The molecule has 0 aliphatic heterocycles. The smallest absolute Gasteiger partial charge is 0.256 e. The van der Waals surface area contributed by atoms with Gasteiger partial charge in [-0.1, -0.05) is 23.8 Å². The highest BCUT2D eigenvalue weighted by atomic mass is 19.1. The lowest BCUT2D eigenvalue weighted by Crippen LogP contribution is -2.15. The van der Waals surface area contributed by atoms with Crippen molar-refractivity contribution in [2.45, 2.75) is 46.1 Å². The van der Waals surface area contributed by atoms with Crippen LogP contribution >= 0.6 is 0 Å². The fourth-order valence-corrected chi connectivity index (χ4v) is 4.11. The molecule has 0 radical (unpaired) electrons. The van der Waals surface area contributed by atoms with Crippen LogP contribution < -0.4 is 5.32 Å². The number of nitrogens with one attached hydrogen (secondary N) is 1. The van der Waals surface area contributed by atoms with Gasteiger partial charge in [0.15, 0.2) is 0 Å². The summed E-state index contributed by atoms with van der Waals surface area (Å²) in [6.45, 7) is 6.34. The summed E-state index contributed by atoms with van der Waals surface area (Å²) in [5.74, 6) is 0.0343. The maximum Gasteiger partial charge on any atom is 0.256 e. The zero-order valence-corrected chi connectivity index (χ0v) is 18.4. The number of carbonyl (C=O) groups is 1. The van der Waals surface area contributed by atoms with E-state index in [-0.39, 0.29) is 11.7 Å². The Hall–Kier alpha value is -3.54. The SMILES string of the molecule is Cc1ccc2nc(C3CC3)cc(C(=O)Nc3c(C)nn(Cc4ccc(F)cc4)c3C)c2c1. The fourth-order valence-electron chi connectivity index (χ4n) is 4.11. The lowest BCUT2D eigenvalue weighted by atomic mass is 10.0. The first kappa shape index (κ1) is 20.4. The van der Waals surface area contributed by atoms with E-state index in [1.165, 1.54) is 12.1 Å². The van der Waals surface area contributed by atoms with E-state index in [1.54, 1.807) is 12.1 Å². The molecule has 0 unspecified atom stereocenters. The second-order valence-electron chi connectivity index (χ2n) is 8.67. The van der Waals surface area contributed by atoms with Gasteiger partial charge in [0.25, 0.3) is 5.91 Å². The molecule has 1 aliphatic carbocycles. The summed E-state index contributed by atoms with van der Waals surface area (Å²) in [5, 5.41) is 8.56. The van der Waals surface area contributed by atoms with E-state index in [2.05, 4.69) is 10.4 Å². The number of hydrogen-bond donors (Lipinski definition) is 1. The van der Waals surface area contributed by atoms with Crippen LogP contribution in [0.25, 0.3) is 10.9 Å². The molecule has 1 fully saturated rings. The molecule has 162 valence electrons. The minimum atomic E-state index is -0.263. The van der Waals surface area contributed by atoms with Gasteiger partial charge in [-0.3, -0.25) is 14.5 Å². The number of hydrogen-bond acceptors (Lipinski definition) is 3. The Morgan fingerprint density at radius 2 is 1.84 bits per heavy atom. The number of anilines is 1. The average molecular weight is 429 g/mol. The van der Waals surface area contributed by atoms with E-state index in [0.717, 1.165) is 52.0 Å². The summed E-state index contributed by atoms with van der Waals surface area (Å²) in [6, 6.07) is 14.4. The quantitative estimate of drug-likeness (QED) is 0.445. The highest BCUT2D eigenvalue weighted by molar-refractivity contribution is 6.13. The van der Waals surface area contributed by atoms with Gasteiger partial charge in [-0.2, -0.15) is 5.10 Å². The van der Waals surface area contributed by atoms with Crippen LogP contribution in [0, 0.1) is 26.6 Å². The number of aryl methyl sites for hydroxylation is 2. The van der Waals surface area contributed by atoms with E-state index >= 15 is 0 Å². The molecule has 0 atom stereocenters. The molecule has 5 nitrogen and oxygen atoms in total. The Kier molecular flexibility index (Phi) is 5.00. The number of nitrogens with zero attached hydrogens (tertiary/aromatic N) is 3. The van der Waals surface area contributed by atoms with Gasteiger partial charge in [0, 0.05) is 17.0 Å². The number of benzene rings is 2. The predicted molar refractivity (Wildman–Crippen MR) is 124 cm³/mol. The Labute approximate surface area is 186 Å². The predicted octanol–water partition coefficient (Wildman–Crippen LogP) is 5.67. The molecule has 0 bridgehead atoms. The van der Waals surface area contributed by atoms with E-state index in [1.807, 2.05) is 49.7 Å². The Morgan fingerprint density at radius 1 is 1.09 bits per heavy atom. The first-order chi connectivity index (χ1) is 15.4. The van der Waals surface area contributed by atoms with Crippen molar-refractivity contribution in [2.24, 2.45) is 0 Å². The van der Waals surface area contributed by atoms with Crippen LogP contribution in [-0.2, 0) is 6.54 Å². The fraction of sp³-hybridized carbons (Fsp3) is 0.269.